The molecule has 8 heteroatoms. The molecule has 0 saturated heterocycles. The summed E-state index contributed by atoms with van der Waals surface area (Å²) in [6.45, 7) is 0. The van der Waals surface area contributed by atoms with Crippen molar-refractivity contribution in [3.05, 3.63) is 84.6 Å². The highest BCUT2D eigenvalue weighted by molar-refractivity contribution is 8.00. The van der Waals surface area contributed by atoms with Crippen molar-refractivity contribution in [3.8, 4) is 0 Å². The van der Waals surface area contributed by atoms with Crippen LogP contribution in [0.4, 0.5) is 11.5 Å². The van der Waals surface area contributed by atoms with Crippen molar-refractivity contribution in [2.45, 2.75) is 23.0 Å². The molecule has 0 aliphatic carbocycles. The van der Waals surface area contributed by atoms with E-state index < -0.39 is 11.2 Å². The normalized spacial score (nSPS) is 11.4. The summed E-state index contributed by atoms with van der Waals surface area (Å²) >= 11 is 1.34. The number of nitrogens with zero attached hydrogens (tertiary/aromatic N) is 1. The van der Waals surface area contributed by atoms with Gasteiger partial charge >= 0.3 is 5.97 Å². The average Bonchev–Trinajstić information content (AvgIpc) is 2.77. The van der Waals surface area contributed by atoms with Crippen molar-refractivity contribution >= 4 is 41.1 Å². The minimum absolute atomic E-state index is 0.105. The first-order valence-electron chi connectivity index (χ1n) is 9.56. The second-order valence-corrected chi connectivity index (χ2v) is 7.76. The van der Waals surface area contributed by atoms with E-state index in [1.807, 2.05) is 36.4 Å². The number of anilines is 2. The lowest BCUT2D eigenvalue weighted by molar-refractivity contribution is -0.138. The summed E-state index contributed by atoms with van der Waals surface area (Å²) in [5.74, 6) is -1.15. The predicted molar refractivity (Wildman–Crippen MR) is 120 cm³/mol. The molecule has 0 aliphatic rings. The van der Waals surface area contributed by atoms with Crippen molar-refractivity contribution < 1.29 is 19.5 Å². The minimum atomic E-state index is -1.02. The first-order valence-corrected chi connectivity index (χ1v) is 10.4. The van der Waals surface area contributed by atoms with E-state index in [-0.39, 0.29) is 24.7 Å². The molecule has 158 valence electrons. The maximum absolute atomic E-state index is 13.0. The van der Waals surface area contributed by atoms with Crippen LogP contribution in [0.3, 0.4) is 0 Å². The molecule has 3 rings (SSSR count). The number of carboxylic acids is 1. The zero-order valence-electron chi connectivity index (χ0n) is 16.5. The Morgan fingerprint density at radius 2 is 1.68 bits per heavy atom. The van der Waals surface area contributed by atoms with Crippen molar-refractivity contribution in [2.24, 2.45) is 0 Å². The van der Waals surface area contributed by atoms with Gasteiger partial charge < -0.3 is 15.7 Å². The second-order valence-electron chi connectivity index (χ2n) is 6.58. The highest BCUT2D eigenvalue weighted by Gasteiger charge is 2.22. The van der Waals surface area contributed by atoms with Crippen LogP contribution in [0.25, 0.3) is 0 Å². The van der Waals surface area contributed by atoms with Gasteiger partial charge in [0.2, 0.25) is 11.8 Å². The zero-order chi connectivity index (χ0) is 22.1. The maximum Gasteiger partial charge on any atom is 0.303 e. The lowest BCUT2D eigenvalue weighted by Crippen LogP contribution is -2.19. The smallest absolute Gasteiger partial charge is 0.303 e. The average molecular weight is 436 g/mol. The van der Waals surface area contributed by atoms with E-state index in [9.17, 15) is 14.4 Å². The van der Waals surface area contributed by atoms with Crippen molar-refractivity contribution in [1.82, 2.24) is 4.98 Å². The highest BCUT2D eigenvalue weighted by atomic mass is 32.2. The maximum atomic E-state index is 13.0. The summed E-state index contributed by atoms with van der Waals surface area (Å²) in [5.41, 5.74) is 1.37. The van der Waals surface area contributed by atoms with Crippen LogP contribution in [-0.2, 0) is 14.4 Å². The van der Waals surface area contributed by atoms with E-state index in [0.29, 0.717) is 11.5 Å². The molecule has 0 aliphatic heterocycles. The molecular weight excluding hydrogens is 414 g/mol. The van der Waals surface area contributed by atoms with Crippen LogP contribution in [-0.4, -0.2) is 27.9 Å². The Bertz CT molecular complexity index is 1040. The molecule has 2 aromatic carbocycles. The molecule has 0 saturated carbocycles. The van der Waals surface area contributed by atoms with E-state index in [2.05, 4.69) is 15.6 Å². The number of nitrogens with one attached hydrogen (secondary N) is 2. The standard InChI is InChI=1S/C23H21N3O4S/c27-20(12-13-21(28)29)25-17-9-6-10-18(15-17)31-22(16-7-2-1-3-8-16)23(30)26-19-11-4-5-14-24-19/h1-11,14-15,22H,12-13H2,(H,25,27)(H,28,29)(H,24,26,30). The number of rotatable bonds is 9. The quantitative estimate of drug-likeness (QED) is 0.431. The topological polar surface area (TPSA) is 108 Å². The summed E-state index contributed by atoms with van der Waals surface area (Å²) in [6.07, 6.45) is 1.27. The van der Waals surface area contributed by atoms with Crippen LogP contribution < -0.4 is 10.6 Å². The summed E-state index contributed by atoms with van der Waals surface area (Å²) in [6, 6.07) is 21.8. The van der Waals surface area contributed by atoms with Gasteiger partial charge in [-0.3, -0.25) is 14.4 Å². The largest absolute Gasteiger partial charge is 0.481 e. The molecule has 3 aromatic rings. The Labute approximate surface area is 183 Å². The Morgan fingerprint density at radius 3 is 2.39 bits per heavy atom. The molecule has 7 nitrogen and oxygen atoms in total. The van der Waals surface area contributed by atoms with Gasteiger partial charge in [0.25, 0.3) is 0 Å². The number of pyridine rings is 1. The van der Waals surface area contributed by atoms with Crippen LogP contribution in [0.15, 0.2) is 83.9 Å². The molecule has 0 spiro atoms. The number of aliphatic carboxylic acids is 1. The highest BCUT2D eigenvalue weighted by Crippen LogP contribution is 2.37. The summed E-state index contributed by atoms with van der Waals surface area (Å²) in [4.78, 5) is 40.5. The van der Waals surface area contributed by atoms with Gasteiger partial charge in [0, 0.05) is 23.2 Å². The van der Waals surface area contributed by atoms with Crippen molar-refractivity contribution in [1.29, 1.82) is 0 Å². The van der Waals surface area contributed by atoms with Crippen molar-refractivity contribution in [3.63, 3.8) is 0 Å². The summed E-state index contributed by atoms with van der Waals surface area (Å²) < 4.78 is 0. The van der Waals surface area contributed by atoms with Crippen LogP contribution in [0.1, 0.15) is 23.7 Å². The van der Waals surface area contributed by atoms with Crippen LogP contribution in [0, 0.1) is 0 Å². The predicted octanol–water partition coefficient (Wildman–Crippen LogP) is 4.36. The SMILES string of the molecule is O=C(O)CCC(=O)Nc1cccc(SC(C(=O)Nc2ccccn2)c2ccccc2)c1. The molecule has 3 N–H and O–H groups in total. The number of thioether (sulfide) groups is 1. The zero-order valence-corrected chi connectivity index (χ0v) is 17.3. The lowest BCUT2D eigenvalue weighted by Gasteiger charge is -2.17. The third-order valence-electron chi connectivity index (χ3n) is 4.19. The summed E-state index contributed by atoms with van der Waals surface area (Å²) in [5, 5.41) is 13.7. The molecular formula is C23H21N3O4S. The molecule has 0 fully saturated rings. The first-order chi connectivity index (χ1) is 15.0. The molecule has 0 radical (unpaired) electrons. The van der Waals surface area contributed by atoms with E-state index in [0.717, 1.165) is 10.5 Å². The molecule has 2 amide bonds. The number of hydrogen-bond donors (Lipinski definition) is 3. The Hall–Kier alpha value is -3.65. The van der Waals surface area contributed by atoms with Crippen molar-refractivity contribution in [2.75, 3.05) is 10.6 Å². The van der Waals surface area contributed by atoms with Gasteiger partial charge in [0.05, 0.1) is 6.42 Å². The van der Waals surface area contributed by atoms with Gasteiger partial charge in [0.1, 0.15) is 11.1 Å². The number of hydrogen-bond acceptors (Lipinski definition) is 5. The van der Waals surface area contributed by atoms with Gasteiger partial charge in [-0.15, -0.1) is 11.8 Å². The van der Waals surface area contributed by atoms with Gasteiger partial charge in [0.15, 0.2) is 0 Å². The lowest BCUT2D eigenvalue weighted by atomic mass is 10.1. The molecule has 1 atom stereocenters. The number of amides is 2. The first kappa shape index (κ1) is 22.0. The number of aromatic nitrogens is 1. The number of carboxylic acid groups (broad SMARTS) is 1. The van der Waals surface area contributed by atoms with Gasteiger partial charge in [-0.2, -0.15) is 0 Å². The molecule has 1 heterocycles. The fraction of sp³-hybridized carbons (Fsp3) is 0.130. The monoisotopic (exact) mass is 435 g/mol. The fourth-order valence-electron chi connectivity index (χ4n) is 2.76. The molecule has 1 unspecified atom stereocenters. The van der Waals surface area contributed by atoms with E-state index in [1.54, 1.807) is 42.6 Å². The van der Waals surface area contributed by atoms with Crippen LogP contribution in [0.2, 0.25) is 0 Å². The number of carbonyl (C=O) groups is 3. The van der Waals surface area contributed by atoms with Crippen LogP contribution in [0.5, 0.6) is 0 Å². The minimum Gasteiger partial charge on any atom is -0.481 e. The fourth-order valence-corrected chi connectivity index (χ4v) is 3.84. The van der Waals surface area contributed by atoms with Crippen LogP contribution >= 0.6 is 11.8 Å². The van der Waals surface area contributed by atoms with Gasteiger partial charge in [-0.05, 0) is 35.9 Å². The third kappa shape index (κ3) is 6.97. The van der Waals surface area contributed by atoms with Gasteiger partial charge in [-0.1, -0.05) is 42.5 Å². The van der Waals surface area contributed by atoms with E-state index >= 15 is 0 Å². The van der Waals surface area contributed by atoms with E-state index in [4.69, 9.17) is 5.11 Å². The summed E-state index contributed by atoms with van der Waals surface area (Å²) in [7, 11) is 0. The third-order valence-corrected chi connectivity index (χ3v) is 5.44. The Morgan fingerprint density at radius 1 is 0.903 bits per heavy atom. The molecule has 31 heavy (non-hydrogen) atoms. The second kappa shape index (κ2) is 10.9. The van der Waals surface area contributed by atoms with Gasteiger partial charge in [-0.25, -0.2) is 4.98 Å². The Balaban J connectivity index is 1.76. The number of benzene rings is 2. The molecule has 0 bridgehead atoms. The number of carbonyl (C=O) groups excluding carboxylic acids is 2. The molecule has 1 aromatic heterocycles. The Kier molecular flexibility index (Phi) is 7.78. The van der Waals surface area contributed by atoms with E-state index in [1.165, 1.54) is 11.8 Å².